The lowest BCUT2D eigenvalue weighted by Crippen LogP contribution is -1.90. The van der Waals surface area contributed by atoms with Gasteiger partial charge in [-0.15, -0.1) is 6.58 Å². The number of para-hydroxylation sites is 1. The summed E-state index contributed by atoms with van der Waals surface area (Å²) in [5.74, 6) is 0.428. The Hall–Kier alpha value is -1.50. The van der Waals surface area contributed by atoms with Gasteiger partial charge in [0.2, 0.25) is 0 Å². The lowest BCUT2D eigenvalue weighted by atomic mass is 9.98. The molecule has 1 atom stereocenters. The van der Waals surface area contributed by atoms with Crippen molar-refractivity contribution in [2.75, 3.05) is 0 Å². The molecule has 0 saturated carbocycles. The minimum atomic E-state index is 0.103. The Morgan fingerprint density at radius 3 is 2.62 bits per heavy atom. The van der Waals surface area contributed by atoms with E-state index in [-0.39, 0.29) is 5.92 Å². The van der Waals surface area contributed by atoms with Gasteiger partial charge < -0.3 is 5.11 Å². The second-order valence-corrected chi connectivity index (χ2v) is 2.85. The van der Waals surface area contributed by atoms with E-state index in [9.17, 15) is 5.11 Å². The maximum absolute atomic E-state index is 9.56. The molecule has 1 N–H and O–H groups in total. The van der Waals surface area contributed by atoms with Crippen LogP contribution in [0, 0.1) is 0 Å². The van der Waals surface area contributed by atoms with E-state index in [1.54, 1.807) is 6.07 Å². The standard InChI is InChI=1S/C12H14O/c1-3-7-10(4-2)11-8-5-6-9-12(11)13/h3-10,13H,2H2,1H3. The minimum absolute atomic E-state index is 0.103. The van der Waals surface area contributed by atoms with Crippen molar-refractivity contribution >= 4 is 0 Å². The highest BCUT2D eigenvalue weighted by Gasteiger charge is 2.06. The minimum Gasteiger partial charge on any atom is -0.508 e. The molecule has 1 rings (SSSR count). The first-order chi connectivity index (χ1) is 6.29. The van der Waals surface area contributed by atoms with Crippen molar-refractivity contribution in [3.05, 3.63) is 54.6 Å². The van der Waals surface area contributed by atoms with Crippen LogP contribution in [0.2, 0.25) is 0 Å². The Balaban J connectivity index is 3.04. The van der Waals surface area contributed by atoms with Crippen LogP contribution in [0.25, 0.3) is 0 Å². The van der Waals surface area contributed by atoms with Gasteiger partial charge in [0, 0.05) is 11.5 Å². The molecule has 0 bridgehead atoms. The Kier molecular flexibility index (Phi) is 3.32. The molecule has 0 aromatic heterocycles. The highest BCUT2D eigenvalue weighted by Crippen LogP contribution is 2.26. The first-order valence-corrected chi connectivity index (χ1v) is 4.33. The van der Waals surface area contributed by atoms with Crippen LogP contribution in [0.15, 0.2) is 49.1 Å². The zero-order valence-electron chi connectivity index (χ0n) is 7.77. The van der Waals surface area contributed by atoms with E-state index in [1.165, 1.54) is 0 Å². The summed E-state index contributed by atoms with van der Waals surface area (Å²) in [5.41, 5.74) is 0.899. The van der Waals surface area contributed by atoms with E-state index in [1.807, 2.05) is 43.4 Å². The van der Waals surface area contributed by atoms with Gasteiger partial charge in [0.25, 0.3) is 0 Å². The average molecular weight is 174 g/mol. The molecule has 1 nitrogen and oxygen atoms in total. The summed E-state index contributed by atoms with van der Waals surface area (Å²) in [5, 5.41) is 9.56. The van der Waals surface area contributed by atoms with E-state index >= 15 is 0 Å². The molecular weight excluding hydrogens is 160 g/mol. The van der Waals surface area contributed by atoms with E-state index in [2.05, 4.69) is 6.58 Å². The molecule has 0 radical (unpaired) electrons. The molecule has 13 heavy (non-hydrogen) atoms. The normalized spacial score (nSPS) is 13.0. The molecule has 1 aromatic rings. The van der Waals surface area contributed by atoms with Crippen LogP contribution in [0.3, 0.4) is 0 Å². The third-order valence-corrected chi connectivity index (χ3v) is 1.95. The molecule has 0 aliphatic carbocycles. The number of phenols is 1. The Morgan fingerprint density at radius 2 is 2.08 bits per heavy atom. The smallest absolute Gasteiger partial charge is 0.119 e. The summed E-state index contributed by atoms with van der Waals surface area (Å²) in [6, 6.07) is 7.32. The van der Waals surface area contributed by atoms with Crippen molar-refractivity contribution in [3.63, 3.8) is 0 Å². The molecular formula is C12H14O. The highest BCUT2D eigenvalue weighted by atomic mass is 16.3. The molecule has 1 unspecified atom stereocenters. The predicted molar refractivity (Wildman–Crippen MR) is 55.9 cm³/mol. The fraction of sp³-hybridized carbons (Fsp3) is 0.167. The van der Waals surface area contributed by atoms with Crippen LogP contribution < -0.4 is 0 Å². The number of aromatic hydroxyl groups is 1. The van der Waals surface area contributed by atoms with Crippen molar-refractivity contribution < 1.29 is 5.11 Å². The first kappa shape index (κ1) is 9.59. The quantitative estimate of drug-likeness (QED) is 0.697. The Bertz CT molecular complexity index is 313. The molecule has 0 amide bonds. The SMILES string of the molecule is C=CC(C=CC)c1ccccc1O. The second-order valence-electron chi connectivity index (χ2n) is 2.85. The zero-order chi connectivity index (χ0) is 9.68. The van der Waals surface area contributed by atoms with Crippen molar-refractivity contribution in [1.82, 2.24) is 0 Å². The molecule has 1 heteroatoms. The molecule has 0 saturated heterocycles. The lowest BCUT2D eigenvalue weighted by molar-refractivity contribution is 0.468. The second kappa shape index (κ2) is 4.51. The van der Waals surface area contributed by atoms with Gasteiger partial charge in [0.05, 0.1) is 0 Å². The van der Waals surface area contributed by atoms with Gasteiger partial charge in [0.15, 0.2) is 0 Å². The van der Waals surface area contributed by atoms with E-state index < -0.39 is 0 Å². The van der Waals surface area contributed by atoms with Gasteiger partial charge in [-0.2, -0.15) is 0 Å². The topological polar surface area (TPSA) is 20.2 Å². The van der Waals surface area contributed by atoms with E-state index in [0.29, 0.717) is 5.75 Å². The summed E-state index contributed by atoms with van der Waals surface area (Å²) in [6.45, 7) is 5.69. The number of rotatable bonds is 3. The summed E-state index contributed by atoms with van der Waals surface area (Å²) in [7, 11) is 0. The fourth-order valence-corrected chi connectivity index (χ4v) is 1.29. The van der Waals surface area contributed by atoms with Crippen LogP contribution in [-0.4, -0.2) is 5.11 Å². The molecule has 1 aromatic carbocycles. The number of hydrogen-bond donors (Lipinski definition) is 1. The number of allylic oxidation sites excluding steroid dienone is 3. The van der Waals surface area contributed by atoms with Crippen molar-refractivity contribution in [3.8, 4) is 5.75 Å². The zero-order valence-corrected chi connectivity index (χ0v) is 7.77. The van der Waals surface area contributed by atoms with Crippen LogP contribution in [0.5, 0.6) is 5.75 Å². The third-order valence-electron chi connectivity index (χ3n) is 1.95. The summed E-state index contributed by atoms with van der Waals surface area (Å²) >= 11 is 0. The van der Waals surface area contributed by atoms with Crippen LogP contribution >= 0.6 is 0 Å². The maximum Gasteiger partial charge on any atom is 0.119 e. The number of hydrogen-bond acceptors (Lipinski definition) is 1. The summed E-state index contributed by atoms with van der Waals surface area (Å²) < 4.78 is 0. The Labute approximate surface area is 79.0 Å². The molecule has 68 valence electrons. The highest BCUT2D eigenvalue weighted by molar-refractivity contribution is 5.39. The van der Waals surface area contributed by atoms with Gasteiger partial charge in [-0.25, -0.2) is 0 Å². The maximum atomic E-state index is 9.56. The molecule has 0 aliphatic heterocycles. The number of phenolic OH excluding ortho intramolecular Hbond substituents is 1. The molecule has 0 aliphatic rings. The first-order valence-electron chi connectivity index (χ1n) is 4.33. The van der Waals surface area contributed by atoms with Crippen molar-refractivity contribution in [1.29, 1.82) is 0 Å². The van der Waals surface area contributed by atoms with Gasteiger partial charge in [-0.1, -0.05) is 36.4 Å². The van der Waals surface area contributed by atoms with E-state index in [0.717, 1.165) is 5.56 Å². The summed E-state index contributed by atoms with van der Waals surface area (Å²) in [6.07, 6.45) is 5.77. The lowest BCUT2D eigenvalue weighted by Gasteiger charge is -2.09. The van der Waals surface area contributed by atoms with Crippen molar-refractivity contribution in [2.24, 2.45) is 0 Å². The predicted octanol–water partition coefficient (Wildman–Crippen LogP) is 3.24. The third kappa shape index (κ3) is 2.22. The van der Waals surface area contributed by atoms with Gasteiger partial charge in [0.1, 0.15) is 5.75 Å². The van der Waals surface area contributed by atoms with E-state index in [4.69, 9.17) is 0 Å². The number of benzene rings is 1. The van der Waals surface area contributed by atoms with Crippen molar-refractivity contribution in [2.45, 2.75) is 12.8 Å². The molecule has 0 fully saturated rings. The van der Waals surface area contributed by atoms with Gasteiger partial charge >= 0.3 is 0 Å². The monoisotopic (exact) mass is 174 g/mol. The van der Waals surface area contributed by atoms with Gasteiger partial charge in [-0.3, -0.25) is 0 Å². The summed E-state index contributed by atoms with van der Waals surface area (Å²) in [4.78, 5) is 0. The molecule has 0 heterocycles. The van der Waals surface area contributed by atoms with Crippen LogP contribution in [0.4, 0.5) is 0 Å². The van der Waals surface area contributed by atoms with Crippen LogP contribution in [0.1, 0.15) is 18.4 Å². The van der Waals surface area contributed by atoms with Gasteiger partial charge in [-0.05, 0) is 13.0 Å². The Morgan fingerprint density at radius 1 is 1.38 bits per heavy atom. The fourth-order valence-electron chi connectivity index (χ4n) is 1.29. The largest absolute Gasteiger partial charge is 0.508 e. The molecule has 0 spiro atoms. The average Bonchev–Trinajstić information content (AvgIpc) is 2.16. The van der Waals surface area contributed by atoms with Crippen LogP contribution in [-0.2, 0) is 0 Å².